The Morgan fingerprint density at radius 3 is 3.00 bits per heavy atom. The molecule has 1 aromatic heterocycles. The molecule has 0 radical (unpaired) electrons. The lowest BCUT2D eigenvalue weighted by molar-refractivity contribution is 0.465. The van der Waals surface area contributed by atoms with Gasteiger partial charge in [-0.15, -0.1) is 0 Å². The third kappa shape index (κ3) is 5.57. The van der Waals surface area contributed by atoms with Crippen LogP contribution in [-0.2, 0) is 6.54 Å². The molecule has 1 heterocycles. The van der Waals surface area contributed by atoms with Gasteiger partial charge in [-0.1, -0.05) is 20.3 Å². The van der Waals surface area contributed by atoms with Gasteiger partial charge in [0.05, 0.1) is 6.33 Å². The van der Waals surface area contributed by atoms with Crippen molar-refractivity contribution in [3.63, 3.8) is 0 Å². The second kappa shape index (κ2) is 7.46. The zero-order valence-electron chi connectivity index (χ0n) is 9.95. The normalized spacial score (nSPS) is 12.9. The van der Waals surface area contributed by atoms with Crippen LogP contribution >= 0.6 is 0 Å². The van der Waals surface area contributed by atoms with Crippen LogP contribution < -0.4 is 5.32 Å². The fourth-order valence-electron chi connectivity index (χ4n) is 1.75. The molecule has 1 aromatic rings. The van der Waals surface area contributed by atoms with E-state index in [9.17, 15) is 0 Å². The summed E-state index contributed by atoms with van der Waals surface area (Å²) in [4.78, 5) is 4.02. The number of nitrogens with zero attached hydrogens (tertiary/aromatic N) is 2. The van der Waals surface area contributed by atoms with Gasteiger partial charge in [0.2, 0.25) is 0 Å². The van der Waals surface area contributed by atoms with Gasteiger partial charge in [0.25, 0.3) is 0 Å². The first-order chi connectivity index (χ1) is 7.33. The highest BCUT2D eigenvalue weighted by molar-refractivity contribution is 4.73. The molecule has 0 aromatic carbocycles. The Hall–Kier alpha value is -0.830. The number of nitrogens with one attached hydrogen (secondary N) is 1. The average Bonchev–Trinajstić information content (AvgIpc) is 2.70. The maximum absolute atomic E-state index is 4.02. The monoisotopic (exact) mass is 209 g/mol. The lowest BCUT2D eigenvalue weighted by Crippen LogP contribution is -2.23. The topological polar surface area (TPSA) is 29.9 Å². The van der Waals surface area contributed by atoms with Gasteiger partial charge in [-0.2, -0.15) is 0 Å². The lowest BCUT2D eigenvalue weighted by atomic mass is 10.1. The molecular formula is C12H23N3. The van der Waals surface area contributed by atoms with Crippen LogP contribution in [0.3, 0.4) is 0 Å². The zero-order valence-corrected chi connectivity index (χ0v) is 9.95. The molecule has 0 spiro atoms. The lowest BCUT2D eigenvalue weighted by Gasteiger charge is -2.11. The molecule has 0 unspecified atom stereocenters. The van der Waals surface area contributed by atoms with E-state index in [1.54, 1.807) is 0 Å². The van der Waals surface area contributed by atoms with E-state index in [-0.39, 0.29) is 0 Å². The minimum Gasteiger partial charge on any atom is -0.337 e. The summed E-state index contributed by atoms with van der Waals surface area (Å²) < 4.78 is 2.12. The number of hydrogen-bond acceptors (Lipinski definition) is 2. The molecular weight excluding hydrogens is 186 g/mol. The molecule has 1 N–H and O–H groups in total. The third-order valence-corrected chi connectivity index (χ3v) is 2.60. The Kier molecular flexibility index (Phi) is 6.09. The molecule has 0 bridgehead atoms. The molecule has 15 heavy (non-hydrogen) atoms. The van der Waals surface area contributed by atoms with Crippen molar-refractivity contribution in [3.8, 4) is 0 Å². The second-order valence-corrected chi connectivity index (χ2v) is 4.25. The number of aryl methyl sites for hydroxylation is 1. The number of rotatable bonds is 8. The number of aromatic nitrogens is 2. The van der Waals surface area contributed by atoms with Crippen LogP contribution in [0, 0.1) is 5.92 Å². The first-order valence-corrected chi connectivity index (χ1v) is 5.99. The van der Waals surface area contributed by atoms with E-state index < -0.39 is 0 Å². The summed E-state index contributed by atoms with van der Waals surface area (Å²) in [6, 6.07) is 0. The quantitative estimate of drug-likeness (QED) is 0.666. The first-order valence-electron chi connectivity index (χ1n) is 5.99. The van der Waals surface area contributed by atoms with Gasteiger partial charge in [0, 0.05) is 18.9 Å². The summed E-state index contributed by atoms with van der Waals surface area (Å²) in [6.07, 6.45) is 9.51. The van der Waals surface area contributed by atoms with Gasteiger partial charge in [0.1, 0.15) is 0 Å². The standard InChI is InChI=1S/C12H23N3/c1-3-5-12(2)10-13-6-4-8-15-9-7-14-11-15/h7,9,11-13H,3-6,8,10H2,1-2H3/t12-/m0/s1. The first kappa shape index (κ1) is 12.2. The fraction of sp³-hybridized carbons (Fsp3) is 0.750. The van der Waals surface area contributed by atoms with Crippen molar-refractivity contribution >= 4 is 0 Å². The van der Waals surface area contributed by atoms with Gasteiger partial charge in [-0.25, -0.2) is 4.98 Å². The second-order valence-electron chi connectivity index (χ2n) is 4.25. The van der Waals surface area contributed by atoms with E-state index in [4.69, 9.17) is 0 Å². The summed E-state index contributed by atoms with van der Waals surface area (Å²) >= 11 is 0. The highest BCUT2D eigenvalue weighted by atomic mass is 15.0. The molecule has 3 heteroatoms. The summed E-state index contributed by atoms with van der Waals surface area (Å²) in [5.41, 5.74) is 0. The van der Waals surface area contributed by atoms with Gasteiger partial charge >= 0.3 is 0 Å². The van der Waals surface area contributed by atoms with E-state index in [0.29, 0.717) is 0 Å². The zero-order chi connectivity index (χ0) is 10.9. The van der Waals surface area contributed by atoms with E-state index in [1.807, 2.05) is 18.7 Å². The van der Waals surface area contributed by atoms with Gasteiger partial charge < -0.3 is 9.88 Å². The smallest absolute Gasteiger partial charge is 0.0945 e. The third-order valence-electron chi connectivity index (χ3n) is 2.60. The Balaban J connectivity index is 1.93. The van der Waals surface area contributed by atoms with E-state index in [1.165, 1.54) is 19.3 Å². The van der Waals surface area contributed by atoms with Crippen LogP contribution in [0.4, 0.5) is 0 Å². The minimum absolute atomic E-state index is 0.809. The average molecular weight is 209 g/mol. The van der Waals surface area contributed by atoms with Crippen molar-refractivity contribution in [1.82, 2.24) is 14.9 Å². The molecule has 0 saturated heterocycles. The Morgan fingerprint density at radius 2 is 2.33 bits per heavy atom. The van der Waals surface area contributed by atoms with E-state index >= 15 is 0 Å². The Labute approximate surface area is 92.9 Å². The highest BCUT2D eigenvalue weighted by Gasteiger charge is 1.98. The molecule has 0 fully saturated rings. The molecule has 0 saturated carbocycles. The van der Waals surface area contributed by atoms with Crippen molar-refractivity contribution in [2.45, 2.75) is 39.7 Å². The van der Waals surface area contributed by atoms with Crippen LogP contribution in [0.2, 0.25) is 0 Å². The van der Waals surface area contributed by atoms with Crippen LogP contribution in [-0.4, -0.2) is 22.6 Å². The molecule has 0 aliphatic rings. The Bertz CT molecular complexity index is 231. The number of imidazole rings is 1. The SMILES string of the molecule is CCC[C@H](C)CNCCCn1ccnc1. The number of hydrogen-bond donors (Lipinski definition) is 1. The van der Waals surface area contributed by atoms with Gasteiger partial charge in [-0.05, 0) is 31.8 Å². The summed E-state index contributed by atoms with van der Waals surface area (Å²) in [5.74, 6) is 0.809. The predicted octanol–water partition coefficient (Wildman–Crippen LogP) is 2.30. The van der Waals surface area contributed by atoms with Crippen molar-refractivity contribution in [3.05, 3.63) is 18.7 Å². The van der Waals surface area contributed by atoms with Crippen molar-refractivity contribution < 1.29 is 0 Å². The summed E-state index contributed by atoms with van der Waals surface area (Å²) in [6.45, 7) is 7.88. The predicted molar refractivity (Wildman–Crippen MR) is 63.8 cm³/mol. The van der Waals surface area contributed by atoms with Crippen LogP contribution in [0.1, 0.15) is 33.1 Å². The molecule has 86 valence electrons. The largest absolute Gasteiger partial charge is 0.337 e. The Morgan fingerprint density at radius 1 is 1.47 bits per heavy atom. The molecule has 0 amide bonds. The fourth-order valence-corrected chi connectivity index (χ4v) is 1.75. The minimum atomic E-state index is 0.809. The van der Waals surface area contributed by atoms with Crippen LogP contribution in [0.15, 0.2) is 18.7 Å². The summed E-state index contributed by atoms with van der Waals surface area (Å²) in [7, 11) is 0. The molecule has 1 rings (SSSR count). The van der Waals surface area contributed by atoms with Gasteiger partial charge in [0.15, 0.2) is 0 Å². The van der Waals surface area contributed by atoms with Crippen LogP contribution in [0.5, 0.6) is 0 Å². The molecule has 0 aliphatic carbocycles. The maximum atomic E-state index is 4.02. The van der Waals surface area contributed by atoms with Crippen molar-refractivity contribution in [2.24, 2.45) is 5.92 Å². The molecule has 1 atom stereocenters. The molecule has 0 aliphatic heterocycles. The van der Waals surface area contributed by atoms with E-state index in [2.05, 4.69) is 28.7 Å². The highest BCUT2D eigenvalue weighted by Crippen LogP contribution is 2.02. The van der Waals surface area contributed by atoms with Crippen molar-refractivity contribution in [1.29, 1.82) is 0 Å². The van der Waals surface area contributed by atoms with Gasteiger partial charge in [-0.3, -0.25) is 0 Å². The van der Waals surface area contributed by atoms with E-state index in [0.717, 1.165) is 25.6 Å². The van der Waals surface area contributed by atoms with Crippen molar-refractivity contribution in [2.75, 3.05) is 13.1 Å². The van der Waals surface area contributed by atoms with Crippen LogP contribution in [0.25, 0.3) is 0 Å². The molecule has 3 nitrogen and oxygen atoms in total. The maximum Gasteiger partial charge on any atom is 0.0945 e. The summed E-state index contributed by atoms with van der Waals surface area (Å²) in [5, 5.41) is 3.50.